The first-order chi connectivity index (χ1) is 11.0. The lowest BCUT2D eigenvalue weighted by Gasteiger charge is -2.45. The van der Waals surface area contributed by atoms with Crippen LogP contribution in [0.3, 0.4) is 0 Å². The number of amides is 1. The first kappa shape index (κ1) is 18.5. The summed E-state index contributed by atoms with van der Waals surface area (Å²) >= 11 is 0. The van der Waals surface area contributed by atoms with Crippen molar-refractivity contribution in [3.05, 3.63) is 24.0 Å². The summed E-state index contributed by atoms with van der Waals surface area (Å²) in [5, 5.41) is 13.5. The number of nitrogen functional groups attached to an aromatic ring is 1. The number of nitrogens with two attached hydrogens (primary N) is 1. The molecule has 4 N–H and O–H groups in total. The van der Waals surface area contributed by atoms with Crippen molar-refractivity contribution in [3.8, 4) is 0 Å². The fourth-order valence-electron chi connectivity index (χ4n) is 2.74. The summed E-state index contributed by atoms with van der Waals surface area (Å²) in [6.45, 7) is 8.78. The molecule has 24 heavy (non-hydrogen) atoms. The zero-order valence-corrected chi connectivity index (χ0v) is 14.9. The average Bonchev–Trinajstić information content (AvgIpc) is 2.42. The number of aromatic nitrogens is 1. The van der Waals surface area contributed by atoms with Crippen LogP contribution in [0, 0.1) is 0 Å². The lowest BCUT2D eigenvalue weighted by atomic mass is 9.82. The smallest absolute Gasteiger partial charge is 0.407 e. The van der Waals surface area contributed by atoms with Gasteiger partial charge in [0.05, 0.1) is 30.1 Å². The normalized spacial score (nSPS) is 30.7. The maximum absolute atomic E-state index is 12.1. The molecule has 7 heteroatoms. The molecule has 2 rings (SSSR count). The molecular weight excluding hydrogens is 310 g/mol. The molecule has 0 unspecified atom stereocenters. The number of ether oxygens (including phenoxy) is 2. The maximum Gasteiger partial charge on any atom is 0.407 e. The second-order valence-corrected chi connectivity index (χ2v) is 7.43. The predicted octanol–water partition coefficient (Wildman–Crippen LogP) is 2.16. The number of hydrogen-bond donors (Lipinski definition) is 3. The Morgan fingerprint density at radius 2 is 2.21 bits per heavy atom. The second kappa shape index (κ2) is 6.57. The third-order valence-electron chi connectivity index (χ3n) is 4.27. The van der Waals surface area contributed by atoms with Crippen LogP contribution < -0.4 is 11.1 Å². The van der Waals surface area contributed by atoms with Gasteiger partial charge in [-0.2, -0.15) is 0 Å². The van der Waals surface area contributed by atoms with Crippen LogP contribution in [-0.4, -0.2) is 39.5 Å². The fraction of sp³-hybridized carbons (Fsp3) is 0.647. The summed E-state index contributed by atoms with van der Waals surface area (Å²) in [6, 6.07) is 1.26. The second-order valence-electron chi connectivity index (χ2n) is 7.43. The first-order valence-corrected chi connectivity index (χ1v) is 8.07. The number of alkyl carbamates (subject to hydrolysis) is 1. The Hall–Kier alpha value is -1.86. The zero-order chi connectivity index (χ0) is 18.1. The van der Waals surface area contributed by atoms with Gasteiger partial charge in [0.2, 0.25) is 0 Å². The molecule has 2 heterocycles. The highest BCUT2D eigenvalue weighted by Gasteiger charge is 2.46. The highest BCUT2D eigenvalue weighted by molar-refractivity contribution is 5.68. The Bertz CT molecular complexity index is 598. The molecule has 1 aromatic heterocycles. The molecule has 0 radical (unpaired) electrons. The molecule has 0 saturated carbocycles. The number of carbonyl (C=O) groups is 1. The number of rotatable bonds is 2. The SMILES string of the molecule is C[C@H]1O[C@@H](c2ccncc2N)C[C@@H](NC(=O)OC(C)(C)C)[C@]1(C)O. The lowest BCUT2D eigenvalue weighted by molar-refractivity contribution is -0.176. The van der Waals surface area contributed by atoms with Crippen molar-refractivity contribution < 1.29 is 19.4 Å². The van der Waals surface area contributed by atoms with E-state index in [4.69, 9.17) is 15.2 Å². The average molecular weight is 337 g/mol. The summed E-state index contributed by atoms with van der Waals surface area (Å²) in [5.41, 5.74) is 5.46. The summed E-state index contributed by atoms with van der Waals surface area (Å²) < 4.78 is 11.2. The van der Waals surface area contributed by atoms with Crippen molar-refractivity contribution >= 4 is 11.8 Å². The van der Waals surface area contributed by atoms with E-state index in [-0.39, 0.29) is 6.10 Å². The molecule has 0 bridgehead atoms. The van der Waals surface area contributed by atoms with Crippen LogP contribution >= 0.6 is 0 Å². The highest BCUT2D eigenvalue weighted by Crippen LogP contribution is 2.38. The Morgan fingerprint density at radius 3 is 2.79 bits per heavy atom. The van der Waals surface area contributed by atoms with Crippen molar-refractivity contribution in [1.82, 2.24) is 10.3 Å². The molecule has 1 saturated heterocycles. The Kier molecular flexibility index (Phi) is 5.05. The fourth-order valence-corrected chi connectivity index (χ4v) is 2.74. The minimum Gasteiger partial charge on any atom is -0.444 e. The molecule has 0 aliphatic carbocycles. The van der Waals surface area contributed by atoms with Crippen molar-refractivity contribution in [2.45, 2.75) is 70.5 Å². The minimum atomic E-state index is -1.23. The number of nitrogens with one attached hydrogen (secondary N) is 1. The third kappa shape index (κ3) is 4.15. The van der Waals surface area contributed by atoms with Crippen LogP contribution in [0.4, 0.5) is 10.5 Å². The van der Waals surface area contributed by atoms with E-state index < -0.39 is 29.4 Å². The standard InChI is InChI=1S/C17H27N3O4/c1-10-17(5,22)14(20-15(21)24-16(2,3)4)8-13(23-10)11-6-7-19-9-12(11)18/h6-7,9-10,13-14,22H,8,18H2,1-5H3,(H,20,21)/t10-,13-,14-,17-/m1/s1. The van der Waals surface area contributed by atoms with Gasteiger partial charge in [0.1, 0.15) is 11.2 Å². The molecule has 134 valence electrons. The molecular formula is C17H27N3O4. The number of carbonyl (C=O) groups excluding carboxylic acids is 1. The molecule has 1 aliphatic heterocycles. The monoisotopic (exact) mass is 337 g/mol. The molecule has 7 nitrogen and oxygen atoms in total. The van der Waals surface area contributed by atoms with Gasteiger partial charge in [0.25, 0.3) is 0 Å². The van der Waals surface area contributed by atoms with Gasteiger partial charge in [-0.25, -0.2) is 4.79 Å². The van der Waals surface area contributed by atoms with Crippen LogP contribution in [-0.2, 0) is 9.47 Å². The van der Waals surface area contributed by atoms with Gasteiger partial charge >= 0.3 is 6.09 Å². The van der Waals surface area contributed by atoms with Crippen molar-refractivity contribution in [2.24, 2.45) is 0 Å². The van der Waals surface area contributed by atoms with E-state index in [1.807, 2.05) is 0 Å². The minimum absolute atomic E-state index is 0.344. The van der Waals surface area contributed by atoms with Gasteiger partial charge in [-0.15, -0.1) is 0 Å². The van der Waals surface area contributed by atoms with E-state index >= 15 is 0 Å². The van der Waals surface area contributed by atoms with Gasteiger partial charge in [-0.3, -0.25) is 4.98 Å². The Morgan fingerprint density at radius 1 is 1.54 bits per heavy atom. The van der Waals surface area contributed by atoms with Crippen molar-refractivity contribution in [1.29, 1.82) is 0 Å². The highest BCUT2D eigenvalue weighted by atomic mass is 16.6. The Balaban J connectivity index is 2.18. The number of nitrogens with zero attached hydrogens (tertiary/aromatic N) is 1. The van der Waals surface area contributed by atoms with Crippen LogP contribution in [0.25, 0.3) is 0 Å². The molecule has 1 aliphatic rings. The van der Waals surface area contributed by atoms with E-state index in [1.165, 1.54) is 0 Å². The maximum atomic E-state index is 12.1. The van der Waals surface area contributed by atoms with E-state index in [2.05, 4.69) is 10.3 Å². The molecule has 4 atom stereocenters. The van der Waals surface area contributed by atoms with Crippen LogP contribution in [0.5, 0.6) is 0 Å². The van der Waals surface area contributed by atoms with Crippen molar-refractivity contribution in [3.63, 3.8) is 0 Å². The summed E-state index contributed by atoms with van der Waals surface area (Å²) in [7, 11) is 0. The van der Waals surface area contributed by atoms with Crippen LogP contribution in [0.1, 0.15) is 52.7 Å². The lowest BCUT2D eigenvalue weighted by Crippen LogP contribution is -2.61. The number of hydrogen-bond acceptors (Lipinski definition) is 6. The molecule has 0 spiro atoms. The number of anilines is 1. The summed E-state index contributed by atoms with van der Waals surface area (Å²) in [6.07, 6.45) is 2.18. The van der Waals surface area contributed by atoms with Gasteiger partial charge < -0.3 is 25.6 Å². The topological polar surface area (TPSA) is 107 Å². The number of pyridine rings is 1. The predicted molar refractivity (Wildman–Crippen MR) is 90.3 cm³/mol. The van der Waals surface area contributed by atoms with E-state index in [0.29, 0.717) is 12.1 Å². The van der Waals surface area contributed by atoms with Gasteiger partial charge in [0, 0.05) is 18.2 Å². The number of aliphatic hydroxyl groups is 1. The molecule has 1 amide bonds. The molecule has 1 aromatic rings. The molecule has 0 aromatic carbocycles. The molecule has 1 fully saturated rings. The third-order valence-corrected chi connectivity index (χ3v) is 4.27. The van der Waals surface area contributed by atoms with Gasteiger partial charge in [0.15, 0.2) is 0 Å². The quantitative estimate of drug-likeness (QED) is 0.763. The van der Waals surface area contributed by atoms with E-state index in [0.717, 1.165) is 5.56 Å². The van der Waals surface area contributed by atoms with E-state index in [1.54, 1.807) is 53.1 Å². The van der Waals surface area contributed by atoms with Gasteiger partial charge in [-0.1, -0.05) is 0 Å². The largest absolute Gasteiger partial charge is 0.444 e. The van der Waals surface area contributed by atoms with Crippen LogP contribution in [0.2, 0.25) is 0 Å². The van der Waals surface area contributed by atoms with E-state index in [9.17, 15) is 9.90 Å². The van der Waals surface area contributed by atoms with Gasteiger partial charge in [-0.05, 0) is 40.7 Å². The van der Waals surface area contributed by atoms with Crippen molar-refractivity contribution in [2.75, 3.05) is 5.73 Å². The first-order valence-electron chi connectivity index (χ1n) is 8.07. The summed E-state index contributed by atoms with van der Waals surface area (Å²) in [5.74, 6) is 0. The van der Waals surface area contributed by atoms with Crippen LogP contribution in [0.15, 0.2) is 18.5 Å². The zero-order valence-electron chi connectivity index (χ0n) is 14.9. The summed E-state index contributed by atoms with van der Waals surface area (Å²) in [4.78, 5) is 16.1. The Labute approximate surface area is 142 Å².